The normalized spacial score (nSPS) is 21.8. The molecular formula is C21H16N2O7. The van der Waals surface area contributed by atoms with Crippen LogP contribution in [-0.4, -0.2) is 29.0 Å². The van der Waals surface area contributed by atoms with Crippen molar-refractivity contribution in [3.05, 3.63) is 92.0 Å². The van der Waals surface area contributed by atoms with Crippen LogP contribution < -0.4 is 0 Å². The maximum absolute atomic E-state index is 12.7. The first-order valence-electron chi connectivity index (χ1n) is 9.02. The Balaban J connectivity index is 1.65. The first-order chi connectivity index (χ1) is 14.3. The number of ether oxygens (including phenoxy) is 2. The van der Waals surface area contributed by atoms with Crippen LogP contribution in [0.4, 0.5) is 11.4 Å². The van der Waals surface area contributed by atoms with Gasteiger partial charge in [-0.1, -0.05) is 0 Å². The third kappa shape index (κ3) is 3.10. The van der Waals surface area contributed by atoms with E-state index in [-0.39, 0.29) is 11.4 Å². The van der Waals surface area contributed by atoms with Gasteiger partial charge in [-0.2, -0.15) is 0 Å². The highest BCUT2D eigenvalue weighted by Gasteiger charge is 2.54. The Labute approximate surface area is 170 Å². The van der Waals surface area contributed by atoms with Crippen molar-refractivity contribution < 1.29 is 24.1 Å². The summed E-state index contributed by atoms with van der Waals surface area (Å²) >= 11 is 0. The topological polar surface area (TPSA) is 122 Å². The van der Waals surface area contributed by atoms with E-state index in [0.717, 1.165) is 11.1 Å². The van der Waals surface area contributed by atoms with Crippen molar-refractivity contribution in [3.63, 3.8) is 0 Å². The van der Waals surface area contributed by atoms with Crippen LogP contribution in [0.25, 0.3) is 11.3 Å². The van der Waals surface area contributed by atoms with Gasteiger partial charge in [0.2, 0.25) is 0 Å². The van der Waals surface area contributed by atoms with Gasteiger partial charge in [0, 0.05) is 29.8 Å². The molecule has 0 saturated heterocycles. The minimum Gasteiger partial charge on any atom is -0.484 e. The summed E-state index contributed by atoms with van der Waals surface area (Å²) in [5.74, 6) is -0.0168. The van der Waals surface area contributed by atoms with E-state index in [1.165, 1.54) is 31.4 Å². The largest absolute Gasteiger partial charge is 0.484 e. The van der Waals surface area contributed by atoms with Crippen molar-refractivity contribution in [1.82, 2.24) is 0 Å². The number of esters is 1. The van der Waals surface area contributed by atoms with Gasteiger partial charge in [-0.05, 0) is 54.0 Å². The summed E-state index contributed by atoms with van der Waals surface area (Å²) in [6.45, 7) is 0. The predicted octanol–water partition coefficient (Wildman–Crippen LogP) is 3.89. The van der Waals surface area contributed by atoms with E-state index in [9.17, 15) is 25.0 Å². The zero-order valence-electron chi connectivity index (χ0n) is 15.8. The zero-order valence-corrected chi connectivity index (χ0v) is 15.8. The summed E-state index contributed by atoms with van der Waals surface area (Å²) in [5, 5.41) is 21.7. The number of hydrogen-bond acceptors (Lipinski definition) is 7. The van der Waals surface area contributed by atoms with Gasteiger partial charge in [0.25, 0.3) is 11.4 Å². The third-order valence-corrected chi connectivity index (χ3v) is 5.36. The number of fused-ring (bicyclic) bond motifs is 1. The zero-order chi connectivity index (χ0) is 21.5. The van der Waals surface area contributed by atoms with E-state index in [1.54, 1.807) is 30.3 Å². The third-order valence-electron chi connectivity index (χ3n) is 5.36. The van der Waals surface area contributed by atoms with Gasteiger partial charge in [-0.25, -0.2) is 0 Å². The molecule has 0 radical (unpaired) electrons. The highest BCUT2D eigenvalue weighted by atomic mass is 16.6. The van der Waals surface area contributed by atoms with Crippen LogP contribution in [0.1, 0.15) is 17.5 Å². The van der Waals surface area contributed by atoms with Crippen LogP contribution in [-0.2, 0) is 14.3 Å². The molecule has 2 aromatic carbocycles. The summed E-state index contributed by atoms with van der Waals surface area (Å²) in [6.07, 6.45) is 3.20. The number of carbonyl (C=O) groups is 1. The number of nitrogens with zero attached hydrogens (tertiary/aromatic N) is 2. The molecule has 152 valence electrons. The number of hydrogen-bond donors (Lipinski definition) is 0. The van der Waals surface area contributed by atoms with Gasteiger partial charge < -0.3 is 9.47 Å². The summed E-state index contributed by atoms with van der Waals surface area (Å²) in [7, 11) is 1.30. The van der Waals surface area contributed by atoms with Gasteiger partial charge in [0.1, 0.15) is 17.3 Å². The van der Waals surface area contributed by atoms with Gasteiger partial charge >= 0.3 is 5.97 Å². The molecule has 0 aromatic heterocycles. The maximum atomic E-state index is 12.7. The predicted molar refractivity (Wildman–Crippen MR) is 106 cm³/mol. The average Bonchev–Trinajstić information content (AvgIpc) is 3.29. The number of benzene rings is 2. The lowest BCUT2D eigenvalue weighted by atomic mass is 9.82. The molecule has 9 heteroatoms. The van der Waals surface area contributed by atoms with Gasteiger partial charge in [-0.3, -0.25) is 25.0 Å². The summed E-state index contributed by atoms with van der Waals surface area (Å²) in [4.78, 5) is 33.5. The van der Waals surface area contributed by atoms with E-state index < -0.39 is 27.3 Å². The Morgan fingerprint density at radius 2 is 1.53 bits per heavy atom. The van der Waals surface area contributed by atoms with Gasteiger partial charge in [0.05, 0.1) is 17.0 Å². The molecule has 4 rings (SSSR count). The molecule has 1 aliphatic heterocycles. The Kier molecular flexibility index (Phi) is 4.57. The molecule has 9 nitrogen and oxygen atoms in total. The molecular weight excluding hydrogens is 392 g/mol. The molecule has 30 heavy (non-hydrogen) atoms. The van der Waals surface area contributed by atoms with Crippen molar-refractivity contribution in [2.75, 3.05) is 7.11 Å². The number of nitro benzene ring substituents is 2. The van der Waals surface area contributed by atoms with Gasteiger partial charge in [0.15, 0.2) is 0 Å². The fourth-order valence-corrected chi connectivity index (χ4v) is 3.81. The van der Waals surface area contributed by atoms with Crippen LogP contribution in [0, 0.1) is 25.6 Å². The Hall–Kier alpha value is -4.01. The monoisotopic (exact) mass is 408 g/mol. The van der Waals surface area contributed by atoms with Crippen molar-refractivity contribution in [3.8, 4) is 0 Å². The molecule has 0 bridgehead atoms. The number of allylic oxidation sites excluding steroid dienone is 1. The van der Waals surface area contributed by atoms with Crippen LogP contribution in [0.3, 0.4) is 0 Å². The Bertz CT molecular complexity index is 1100. The van der Waals surface area contributed by atoms with Crippen molar-refractivity contribution in [2.24, 2.45) is 5.41 Å². The first-order valence-corrected chi connectivity index (χ1v) is 9.02. The number of rotatable bonds is 5. The van der Waals surface area contributed by atoms with Gasteiger partial charge in [-0.15, -0.1) is 0 Å². The lowest BCUT2D eigenvalue weighted by Gasteiger charge is -2.23. The molecule has 0 unspecified atom stereocenters. The summed E-state index contributed by atoms with van der Waals surface area (Å²) < 4.78 is 11.1. The van der Waals surface area contributed by atoms with Crippen molar-refractivity contribution in [2.45, 2.75) is 12.5 Å². The van der Waals surface area contributed by atoms with E-state index in [0.29, 0.717) is 17.7 Å². The van der Waals surface area contributed by atoms with Crippen molar-refractivity contribution >= 4 is 28.7 Å². The number of methoxy groups -OCH3 is 1. The van der Waals surface area contributed by atoms with E-state index in [2.05, 4.69) is 0 Å². The molecule has 0 spiro atoms. The van der Waals surface area contributed by atoms with E-state index in [4.69, 9.17) is 9.47 Å². The summed E-state index contributed by atoms with van der Waals surface area (Å²) in [6, 6.07) is 12.0. The average molecular weight is 408 g/mol. The SMILES string of the molecule is COC(=O)[C@]12C=C(c3ccc([N+](=O)[O-])cc3)O[C@H]1C=C(c1ccc([N+](=O)[O-])cc1)C2. The minimum absolute atomic E-state index is 0.0168. The Morgan fingerprint density at radius 3 is 2.03 bits per heavy atom. The molecule has 1 aliphatic carbocycles. The lowest BCUT2D eigenvalue weighted by Crippen LogP contribution is -2.35. The second-order valence-electron chi connectivity index (χ2n) is 7.06. The van der Waals surface area contributed by atoms with E-state index >= 15 is 0 Å². The Morgan fingerprint density at radius 1 is 1.00 bits per heavy atom. The molecule has 2 aromatic rings. The van der Waals surface area contributed by atoms with E-state index in [1.807, 2.05) is 6.08 Å². The molecule has 2 atom stereocenters. The number of non-ortho nitro benzene ring substituents is 2. The minimum atomic E-state index is -1.07. The molecule has 0 amide bonds. The lowest BCUT2D eigenvalue weighted by molar-refractivity contribution is -0.385. The van der Waals surface area contributed by atoms with Crippen LogP contribution >= 0.6 is 0 Å². The van der Waals surface area contributed by atoms with Crippen LogP contribution in [0.2, 0.25) is 0 Å². The molecule has 0 fully saturated rings. The number of carbonyl (C=O) groups excluding carboxylic acids is 1. The smallest absolute Gasteiger partial charge is 0.320 e. The fourth-order valence-electron chi connectivity index (χ4n) is 3.81. The molecule has 2 aliphatic rings. The van der Waals surface area contributed by atoms with Crippen molar-refractivity contribution in [1.29, 1.82) is 0 Å². The van der Waals surface area contributed by atoms with Crippen LogP contribution in [0.5, 0.6) is 0 Å². The standard InChI is InChI=1S/C21H16N2O7/c1-29-20(24)21-11-15(13-2-6-16(7-3-13)22(25)26)10-19(21)30-18(12-21)14-4-8-17(9-5-14)23(27)28/h2-10,12,19H,11H2,1H3/t19-,21+/m0/s1. The number of nitro groups is 2. The maximum Gasteiger partial charge on any atom is 0.320 e. The summed E-state index contributed by atoms with van der Waals surface area (Å²) in [5.41, 5.74) is 1.07. The molecule has 0 N–H and O–H groups in total. The molecule has 1 heterocycles. The second-order valence-corrected chi connectivity index (χ2v) is 7.06. The highest BCUT2D eigenvalue weighted by Crippen LogP contribution is 2.52. The highest BCUT2D eigenvalue weighted by molar-refractivity contribution is 5.90. The molecule has 0 saturated carbocycles. The van der Waals surface area contributed by atoms with Crippen LogP contribution in [0.15, 0.2) is 60.7 Å². The fraction of sp³-hybridized carbons (Fsp3) is 0.190. The first kappa shape index (κ1) is 19.3. The second kappa shape index (κ2) is 7.11. The quantitative estimate of drug-likeness (QED) is 0.418.